The fraction of sp³-hybridized carbons (Fsp3) is 0.923. The summed E-state index contributed by atoms with van der Waals surface area (Å²) in [5.41, 5.74) is 0. The zero-order chi connectivity index (χ0) is 11.7. The van der Waals surface area contributed by atoms with Crippen molar-refractivity contribution >= 4 is 5.91 Å². The predicted molar refractivity (Wildman–Crippen MR) is 64.7 cm³/mol. The second-order valence-electron chi connectivity index (χ2n) is 5.62. The third-order valence-electron chi connectivity index (χ3n) is 4.43. The highest BCUT2D eigenvalue weighted by atomic mass is 16.5. The van der Waals surface area contributed by atoms with Crippen molar-refractivity contribution in [1.29, 1.82) is 0 Å². The van der Waals surface area contributed by atoms with E-state index in [0.717, 1.165) is 25.8 Å². The first kappa shape index (κ1) is 11.5. The number of carbonyl (C=O) groups is 1. The molecule has 0 bridgehead atoms. The summed E-state index contributed by atoms with van der Waals surface area (Å²) in [7, 11) is 0. The summed E-state index contributed by atoms with van der Waals surface area (Å²) in [6.07, 6.45) is 7.48. The molecular weight excluding hydrogens is 216 g/mol. The molecule has 0 spiro atoms. The van der Waals surface area contributed by atoms with Crippen molar-refractivity contribution in [3.63, 3.8) is 0 Å². The maximum atomic E-state index is 11.9. The van der Waals surface area contributed by atoms with E-state index in [1.807, 2.05) is 0 Å². The minimum atomic E-state index is 0.240. The van der Waals surface area contributed by atoms with E-state index in [0.29, 0.717) is 18.7 Å². The van der Waals surface area contributed by atoms with Gasteiger partial charge in [0.15, 0.2) is 0 Å². The molecule has 0 aromatic rings. The van der Waals surface area contributed by atoms with Crippen LogP contribution in [0.15, 0.2) is 0 Å². The van der Waals surface area contributed by atoms with Crippen LogP contribution in [-0.2, 0) is 9.53 Å². The second-order valence-corrected chi connectivity index (χ2v) is 5.62. The minimum Gasteiger partial charge on any atom is -0.370 e. The maximum Gasteiger partial charge on any atom is 0.223 e. The molecule has 2 N–H and O–H groups in total. The van der Waals surface area contributed by atoms with Crippen molar-refractivity contribution in [1.82, 2.24) is 10.6 Å². The molecule has 0 unspecified atom stereocenters. The van der Waals surface area contributed by atoms with Gasteiger partial charge in [0.1, 0.15) is 0 Å². The summed E-state index contributed by atoms with van der Waals surface area (Å²) in [6, 6.07) is 0.580. The molecule has 3 atom stereocenters. The van der Waals surface area contributed by atoms with Gasteiger partial charge in [0, 0.05) is 25.0 Å². The molecule has 4 heteroatoms. The Hall–Kier alpha value is -0.610. The second kappa shape index (κ2) is 4.94. The molecule has 1 amide bonds. The van der Waals surface area contributed by atoms with Crippen LogP contribution in [0.2, 0.25) is 0 Å². The molecule has 3 rings (SSSR count). The van der Waals surface area contributed by atoms with Gasteiger partial charge in [-0.2, -0.15) is 0 Å². The van der Waals surface area contributed by atoms with Crippen molar-refractivity contribution in [3.05, 3.63) is 0 Å². The Morgan fingerprint density at radius 3 is 2.71 bits per heavy atom. The van der Waals surface area contributed by atoms with Gasteiger partial charge in [0.2, 0.25) is 5.91 Å². The van der Waals surface area contributed by atoms with E-state index in [1.54, 1.807) is 0 Å². The van der Waals surface area contributed by atoms with Gasteiger partial charge in [-0.05, 0) is 25.7 Å². The van der Waals surface area contributed by atoms with Gasteiger partial charge in [-0.25, -0.2) is 0 Å². The van der Waals surface area contributed by atoms with Gasteiger partial charge < -0.3 is 15.4 Å². The number of hydrogen-bond donors (Lipinski definition) is 2. The van der Waals surface area contributed by atoms with Crippen molar-refractivity contribution in [2.75, 3.05) is 13.1 Å². The van der Waals surface area contributed by atoms with Crippen LogP contribution in [0.3, 0.4) is 0 Å². The van der Waals surface area contributed by atoms with Crippen LogP contribution < -0.4 is 10.6 Å². The first-order valence-electron chi connectivity index (χ1n) is 6.99. The zero-order valence-electron chi connectivity index (χ0n) is 10.3. The zero-order valence-corrected chi connectivity index (χ0v) is 10.3. The summed E-state index contributed by atoms with van der Waals surface area (Å²) < 4.78 is 5.92. The Labute approximate surface area is 102 Å². The summed E-state index contributed by atoms with van der Waals surface area (Å²) in [4.78, 5) is 11.9. The normalized spacial score (nSPS) is 37.3. The van der Waals surface area contributed by atoms with Gasteiger partial charge in [-0.3, -0.25) is 4.79 Å². The van der Waals surface area contributed by atoms with Gasteiger partial charge >= 0.3 is 0 Å². The van der Waals surface area contributed by atoms with Crippen LogP contribution >= 0.6 is 0 Å². The van der Waals surface area contributed by atoms with E-state index in [9.17, 15) is 4.79 Å². The van der Waals surface area contributed by atoms with Crippen molar-refractivity contribution in [2.24, 2.45) is 5.92 Å². The molecule has 1 aliphatic carbocycles. The smallest absolute Gasteiger partial charge is 0.223 e. The number of ether oxygens (including phenoxy) is 1. The molecule has 4 nitrogen and oxygen atoms in total. The lowest BCUT2D eigenvalue weighted by molar-refractivity contribution is -0.128. The van der Waals surface area contributed by atoms with E-state index >= 15 is 0 Å². The molecule has 2 saturated heterocycles. The average Bonchev–Trinajstić information content (AvgIpc) is 2.82. The molecule has 0 aromatic carbocycles. The minimum absolute atomic E-state index is 0.240. The predicted octanol–water partition coefficient (Wildman–Crippen LogP) is 0.812. The molecule has 0 radical (unpaired) electrons. The highest BCUT2D eigenvalue weighted by Gasteiger charge is 2.37. The van der Waals surface area contributed by atoms with E-state index in [4.69, 9.17) is 4.74 Å². The number of nitrogens with one attached hydrogen (secondary N) is 2. The summed E-state index contributed by atoms with van der Waals surface area (Å²) in [5.74, 6) is 0.525. The van der Waals surface area contributed by atoms with Crippen LogP contribution in [-0.4, -0.2) is 37.2 Å². The van der Waals surface area contributed by atoms with Gasteiger partial charge in [-0.15, -0.1) is 0 Å². The number of hydrogen-bond acceptors (Lipinski definition) is 3. The molecule has 0 aromatic heterocycles. The van der Waals surface area contributed by atoms with Crippen LogP contribution in [0.25, 0.3) is 0 Å². The summed E-state index contributed by atoms with van der Waals surface area (Å²) >= 11 is 0. The Morgan fingerprint density at radius 1 is 1.24 bits per heavy atom. The van der Waals surface area contributed by atoms with Crippen molar-refractivity contribution in [2.45, 2.75) is 56.8 Å². The quantitative estimate of drug-likeness (QED) is 0.765. The lowest BCUT2D eigenvalue weighted by atomic mass is 9.92. The Morgan fingerprint density at radius 2 is 2.06 bits per heavy atom. The SMILES string of the molecule is O=C(NC[C@@H]1CC[C@H]2NC[C@H]2O1)C1CCCC1. The van der Waals surface area contributed by atoms with Gasteiger partial charge in [0.25, 0.3) is 0 Å². The standard InChI is InChI=1S/C13H22N2O2/c16-13(9-3-1-2-4-9)15-7-10-5-6-11-12(17-10)8-14-11/h9-12,14H,1-8H2,(H,15,16)/t10-,11+,12+/m0/s1. The van der Waals surface area contributed by atoms with Gasteiger partial charge in [0.05, 0.1) is 12.2 Å². The Bertz CT molecular complexity index is 289. The molecule has 3 fully saturated rings. The first-order chi connectivity index (χ1) is 8.33. The summed E-state index contributed by atoms with van der Waals surface area (Å²) in [5, 5.41) is 6.43. The maximum absolute atomic E-state index is 11.9. The molecule has 3 aliphatic rings. The highest BCUT2D eigenvalue weighted by molar-refractivity contribution is 5.78. The number of carbonyl (C=O) groups excluding carboxylic acids is 1. The van der Waals surface area contributed by atoms with E-state index in [1.165, 1.54) is 19.3 Å². The number of amides is 1. The van der Waals surface area contributed by atoms with E-state index < -0.39 is 0 Å². The Balaban J connectivity index is 1.40. The number of rotatable bonds is 3. The Kier molecular flexibility index (Phi) is 3.34. The van der Waals surface area contributed by atoms with E-state index in [2.05, 4.69) is 10.6 Å². The largest absolute Gasteiger partial charge is 0.370 e. The third kappa shape index (κ3) is 2.47. The fourth-order valence-corrected chi connectivity index (χ4v) is 3.19. The fourth-order valence-electron chi connectivity index (χ4n) is 3.19. The highest BCUT2D eigenvalue weighted by Crippen LogP contribution is 2.26. The third-order valence-corrected chi connectivity index (χ3v) is 4.43. The van der Waals surface area contributed by atoms with Gasteiger partial charge in [-0.1, -0.05) is 12.8 Å². The number of fused-ring (bicyclic) bond motifs is 1. The first-order valence-corrected chi connectivity index (χ1v) is 6.99. The van der Waals surface area contributed by atoms with Crippen LogP contribution in [0.1, 0.15) is 38.5 Å². The molecule has 2 aliphatic heterocycles. The molecular formula is C13H22N2O2. The lowest BCUT2D eigenvalue weighted by Gasteiger charge is -2.44. The summed E-state index contributed by atoms with van der Waals surface area (Å²) in [6.45, 7) is 1.69. The monoisotopic (exact) mass is 238 g/mol. The lowest BCUT2D eigenvalue weighted by Crippen LogP contribution is -2.62. The molecule has 2 heterocycles. The molecule has 96 valence electrons. The van der Waals surface area contributed by atoms with E-state index in [-0.39, 0.29) is 17.9 Å². The average molecular weight is 238 g/mol. The van der Waals surface area contributed by atoms with Crippen LogP contribution in [0.5, 0.6) is 0 Å². The van der Waals surface area contributed by atoms with Crippen LogP contribution in [0.4, 0.5) is 0 Å². The topological polar surface area (TPSA) is 50.4 Å². The molecule has 17 heavy (non-hydrogen) atoms. The van der Waals surface area contributed by atoms with Crippen LogP contribution in [0, 0.1) is 5.92 Å². The molecule has 1 saturated carbocycles. The van der Waals surface area contributed by atoms with Crippen molar-refractivity contribution < 1.29 is 9.53 Å². The van der Waals surface area contributed by atoms with Crippen molar-refractivity contribution in [3.8, 4) is 0 Å².